The van der Waals surface area contributed by atoms with Gasteiger partial charge >= 0.3 is 0 Å². The Bertz CT molecular complexity index is 134. The lowest BCUT2D eigenvalue weighted by molar-refractivity contribution is 0.177. The standard InChI is InChI=1S/C5H11N3O/c1-9-4-2-3(4)5(6)8-7/h3-4H,2,7H2,1H3,(H2,6,8). The number of hydrogen-bond donors (Lipinski definition) is 2. The first-order chi connectivity index (χ1) is 4.29. The molecule has 2 atom stereocenters. The van der Waals surface area contributed by atoms with Crippen molar-refractivity contribution in [2.45, 2.75) is 12.5 Å². The highest BCUT2D eigenvalue weighted by molar-refractivity contribution is 5.85. The fraction of sp³-hybridized carbons (Fsp3) is 0.800. The van der Waals surface area contributed by atoms with Gasteiger partial charge in [-0.15, -0.1) is 0 Å². The quantitative estimate of drug-likeness (QED) is 0.223. The first kappa shape index (κ1) is 6.35. The van der Waals surface area contributed by atoms with Crippen molar-refractivity contribution in [3.05, 3.63) is 0 Å². The molecule has 0 aliphatic heterocycles. The molecule has 9 heavy (non-hydrogen) atoms. The van der Waals surface area contributed by atoms with Crippen LogP contribution in [0.25, 0.3) is 0 Å². The van der Waals surface area contributed by atoms with Crippen molar-refractivity contribution in [2.75, 3.05) is 7.11 Å². The summed E-state index contributed by atoms with van der Waals surface area (Å²) < 4.78 is 4.98. The minimum Gasteiger partial charge on any atom is -0.385 e. The van der Waals surface area contributed by atoms with Crippen molar-refractivity contribution >= 4 is 5.84 Å². The third-order valence-corrected chi connectivity index (χ3v) is 1.56. The molecule has 4 nitrogen and oxygen atoms in total. The molecule has 0 radical (unpaired) electrons. The molecular formula is C5H11N3O. The predicted molar refractivity (Wildman–Crippen MR) is 34.7 cm³/mol. The van der Waals surface area contributed by atoms with Crippen LogP contribution in [0.2, 0.25) is 0 Å². The van der Waals surface area contributed by atoms with Crippen molar-refractivity contribution in [2.24, 2.45) is 22.6 Å². The molecule has 0 aromatic heterocycles. The molecule has 0 amide bonds. The number of rotatable bonds is 2. The van der Waals surface area contributed by atoms with E-state index < -0.39 is 0 Å². The maximum absolute atomic E-state index is 5.39. The highest BCUT2D eigenvalue weighted by Crippen LogP contribution is 2.32. The Balaban J connectivity index is 2.33. The number of amidine groups is 1. The highest BCUT2D eigenvalue weighted by atomic mass is 16.5. The van der Waals surface area contributed by atoms with E-state index in [1.807, 2.05) is 0 Å². The van der Waals surface area contributed by atoms with Crippen molar-refractivity contribution < 1.29 is 4.74 Å². The van der Waals surface area contributed by atoms with Gasteiger partial charge in [0.25, 0.3) is 0 Å². The van der Waals surface area contributed by atoms with Crippen molar-refractivity contribution in [3.63, 3.8) is 0 Å². The second kappa shape index (κ2) is 2.23. The van der Waals surface area contributed by atoms with E-state index in [1.165, 1.54) is 0 Å². The predicted octanol–water partition coefficient (Wildman–Crippen LogP) is -0.748. The van der Waals surface area contributed by atoms with Crippen LogP contribution in [0.1, 0.15) is 6.42 Å². The first-order valence-electron chi connectivity index (χ1n) is 2.85. The van der Waals surface area contributed by atoms with E-state index in [2.05, 4.69) is 5.10 Å². The van der Waals surface area contributed by atoms with Gasteiger partial charge in [-0.25, -0.2) is 0 Å². The van der Waals surface area contributed by atoms with E-state index in [0.29, 0.717) is 5.84 Å². The van der Waals surface area contributed by atoms with Crippen molar-refractivity contribution in [1.82, 2.24) is 0 Å². The molecule has 2 unspecified atom stereocenters. The van der Waals surface area contributed by atoms with Gasteiger partial charge in [0.15, 0.2) is 0 Å². The molecule has 52 valence electrons. The second-order valence-electron chi connectivity index (χ2n) is 2.17. The van der Waals surface area contributed by atoms with Gasteiger partial charge in [0.2, 0.25) is 0 Å². The molecule has 0 aromatic carbocycles. The third kappa shape index (κ3) is 1.13. The molecule has 4 N–H and O–H groups in total. The fourth-order valence-corrected chi connectivity index (χ4v) is 0.839. The first-order valence-corrected chi connectivity index (χ1v) is 2.85. The lowest BCUT2D eigenvalue weighted by Crippen LogP contribution is -2.18. The molecule has 1 saturated carbocycles. The minimum atomic E-state index is 0.261. The molecule has 0 heterocycles. The van der Waals surface area contributed by atoms with Gasteiger partial charge in [0.1, 0.15) is 5.84 Å². The van der Waals surface area contributed by atoms with Gasteiger partial charge in [-0.1, -0.05) is 0 Å². The number of hydrazone groups is 1. The zero-order valence-electron chi connectivity index (χ0n) is 5.37. The van der Waals surface area contributed by atoms with E-state index in [4.69, 9.17) is 16.3 Å². The summed E-state index contributed by atoms with van der Waals surface area (Å²) in [5, 5.41) is 3.36. The molecule has 1 aliphatic carbocycles. The maximum Gasteiger partial charge on any atom is 0.125 e. The van der Waals surface area contributed by atoms with Crippen LogP contribution in [0.4, 0.5) is 0 Å². The topological polar surface area (TPSA) is 73.6 Å². The zero-order chi connectivity index (χ0) is 6.85. The number of methoxy groups -OCH3 is 1. The SMILES string of the molecule is COC1CC1/C(N)=N/N. The third-order valence-electron chi connectivity index (χ3n) is 1.56. The smallest absolute Gasteiger partial charge is 0.125 e. The average Bonchev–Trinajstić information content (AvgIpc) is 2.64. The van der Waals surface area contributed by atoms with Crippen LogP contribution in [-0.2, 0) is 4.74 Å². The second-order valence-corrected chi connectivity index (χ2v) is 2.17. The number of nitrogens with zero attached hydrogens (tertiary/aromatic N) is 1. The Kier molecular flexibility index (Phi) is 1.57. The summed E-state index contributed by atoms with van der Waals surface area (Å²) in [5.74, 6) is 5.72. The van der Waals surface area contributed by atoms with E-state index in [-0.39, 0.29) is 12.0 Å². The van der Waals surface area contributed by atoms with Crippen LogP contribution in [0, 0.1) is 5.92 Å². The number of nitrogens with two attached hydrogens (primary N) is 2. The Morgan fingerprint density at radius 1 is 1.78 bits per heavy atom. The summed E-state index contributed by atoms with van der Waals surface area (Å²) in [7, 11) is 1.66. The minimum absolute atomic E-state index is 0.261. The van der Waals surface area contributed by atoms with Crippen LogP contribution in [-0.4, -0.2) is 19.0 Å². The summed E-state index contributed by atoms with van der Waals surface area (Å²) >= 11 is 0. The lowest BCUT2D eigenvalue weighted by Gasteiger charge is -1.93. The summed E-state index contributed by atoms with van der Waals surface area (Å²) in [6.07, 6.45) is 1.22. The van der Waals surface area contributed by atoms with E-state index in [1.54, 1.807) is 7.11 Å². The van der Waals surface area contributed by atoms with Crippen LogP contribution in [0.15, 0.2) is 5.10 Å². The van der Waals surface area contributed by atoms with Gasteiger partial charge in [0, 0.05) is 13.0 Å². The molecular weight excluding hydrogens is 118 g/mol. The molecule has 0 saturated heterocycles. The Morgan fingerprint density at radius 3 is 2.78 bits per heavy atom. The lowest BCUT2D eigenvalue weighted by atomic mass is 10.4. The normalized spacial score (nSPS) is 34.6. The molecule has 0 bridgehead atoms. The van der Waals surface area contributed by atoms with Crippen LogP contribution in [0.3, 0.4) is 0 Å². The van der Waals surface area contributed by atoms with Crippen molar-refractivity contribution in [3.8, 4) is 0 Å². The van der Waals surface area contributed by atoms with Gasteiger partial charge < -0.3 is 16.3 Å². The number of ether oxygens (including phenoxy) is 1. The van der Waals surface area contributed by atoms with E-state index >= 15 is 0 Å². The van der Waals surface area contributed by atoms with Crippen LogP contribution >= 0.6 is 0 Å². The molecule has 1 rings (SSSR count). The number of hydrogen-bond acceptors (Lipinski definition) is 3. The van der Waals surface area contributed by atoms with Gasteiger partial charge in [0.05, 0.1) is 6.10 Å². The van der Waals surface area contributed by atoms with Crippen LogP contribution < -0.4 is 11.6 Å². The fourth-order valence-electron chi connectivity index (χ4n) is 0.839. The van der Waals surface area contributed by atoms with Gasteiger partial charge in [-0.3, -0.25) is 0 Å². The highest BCUT2D eigenvalue weighted by Gasteiger charge is 2.40. The van der Waals surface area contributed by atoms with E-state index in [9.17, 15) is 0 Å². The molecule has 1 aliphatic rings. The molecule has 1 fully saturated rings. The molecule has 0 aromatic rings. The molecule has 4 heteroatoms. The maximum atomic E-state index is 5.39. The Labute approximate surface area is 53.9 Å². The van der Waals surface area contributed by atoms with E-state index in [0.717, 1.165) is 6.42 Å². The van der Waals surface area contributed by atoms with Gasteiger partial charge in [-0.2, -0.15) is 5.10 Å². The largest absolute Gasteiger partial charge is 0.385 e. The zero-order valence-corrected chi connectivity index (χ0v) is 5.37. The van der Waals surface area contributed by atoms with Crippen molar-refractivity contribution in [1.29, 1.82) is 0 Å². The monoisotopic (exact) mass is 129 g/mol. The molecule has 0 spiro atoms. The van der Waals surface area contributed by atoms with Crippen LogP contribution in [0.5, 0.6) is 0 Å². The van der Waals surface area contributed by atoms with Gasteiger partial charge in [-0.05, 0) is 6.42 Å². The summed E-state index contributed by atoms with van der Waals surface area (Å²) in [5.41, 5.74) is 5.39. The Hall–Kier alpha value is -0.770. The summed E-state index contributed by atoms with van der Waals surface area (Å²) in [6, 6.07) is 0. The Morgan fingerprint density at radius 2 is 2.44 bits per heavy atom. The average molecular weight is 129 g/mol. The summed E-state index contributed by atoms with van der Waals surface area (Å²) in [6.45, 7) is 0. The summed E-state index contributed by atoms with van der Waals surface area (Å²) in [4.78, 5) is 0.